The summed E-state index contributed by atoms with van der Waals surface area (Å²) in [4.78, 5) is 57.1. The Kier molecular flexibility index (Phi) is 6.63. The highest BCUT2D eigenvalue weighted by atomic mass is 16.5. The summed E-state index contributed by atoms with van der Waals surface area (Å²) in [6.45, 7) is 7.48. The van der Waals surface area contributed by atoms with Crippen LogP contribution in [0, 0.1) is 29.1 Å². The van der Waals surface area contributed by atoms with E-state index in [4.69, 9.17) is 10.00 Å². The number of pyridine rings is 1. The molecule has 1 spiro atoms. The number of hydrogen-bond acceptors (Lipinski definition) is 7. The first kappa shape index (κ1) is 26.0. The number of aryl methyl sites for hydroxylation is 1. The van der Waals surface area contributed by atoms with Crippen molar-refractivity contribution >= 4 is 23.5 Å². The van der Waals surface area contributed by atoms with E-state index in [0.29, 0.717) is 22.6 Å². The number of carbonyl (C=O) groups is 4. The maximum atomic E-state index is 13.4. The standard InChI is InChI=1S/C28H30N4O5/c1-16-8-18(19-7-6-17(12-29)13-30-19)9-22(37-5)23(16)24-20(33)10-28(11-21(24)34)14-32(15-28)26(36)31-25(35)27(2,3)4/h6-9,13,24H,10-11,14-15H2,1-5H3,(H,31,35,36). The van der Waals surface area contributed by atoms with Crippen LogP contribution >= 0.6 is 0 Å². The van der Waals surface area contributed by atoms with Gasteiger partial charge < -0.3 is 9.64 Å². The fourth-order valence-electron chi connectivity index (χ4n) is 5.09. The summed E-state index contributed by atoms with van der Waals surface area (Å²) in [5.74, 6) is -1.29. The summed E-state index contributed by atoms with van der Waals surface area (Å²) in [5.41, 5.74) is 1.83. The Morgan fingerprint density at radius 1 is 1.16 bits per heavy atom. The summed E-state index contributed by atoms with van der Waals surface area (Å²) in [6, 6.07) is 8.56. The molecule has 9 nitrogen and oxygen atoms in total. The number of benzene rings is 1. The number of ketones is 2. The smallest absolute Gasteiger partial charge is 0.324 e. The zero-order chi connectivity index (χ0) is 27.1. The van der Waals surface area contributed by atoms with Crippen molar-refractivity contribution in [1.29, 1.82) is 5.26 Å². The molecule has 0 atom stereocenters. The molecule has 1 aromatic carbocycles. The van der Waals surface area contributed by atoms with Crippen LogP contribution in [0.25, 0.3) is 11.3 Å². The van der Waals surface area contributed by atoms with Gasteiger partial charge in [0.2, 0.25) is 5.91 Å². The number of Topliss-reactive ketones (excluding diaryl/α,β-unsaturated/α-hetero) is 2. The number of aromatic nitrogens is 1. The number of ether oxygens (including phenoxy) is 1. The van der Waals surface area contributed by atoms with Gasteiger partial charge in [0.1, 0.15) is 29.3 Å². The van der Waals surface area contributed by atoms with Crippen LogP contribution in [0.15, 0.2) is 30.5 Å². The summed E-state index contributed by atoms with van der Waals surface area (Å²) in [7, 11) is 1.49. The van der Waals surface area contributed by atoms with E-state index in [-0.39, 0.29) is 43.4 Å². The summed E-state index contributed by atoms with van der Waals surface area (Å²) >= 11 is 0. The molecule has 0 radical (unpaired) electrons. The number of methoxy groups -OCH3 is 1. The predicted molar refractivity (Wildman–Crippen MR) is 135 cm³/mol. The molecule has 1 N–H and O–H groups in total. The van der Waals surface area contributed by atoms with E-state index in [9.17, 15) is 19.2 Å². The van der Waals surface area contributed by atoms with Gasteiger partial charge in [-0.15, -0.1) is 0 Å². The Hall–Kier alpha value is -4.06. The monoisotopic (exact) mass is 502 g/mol. The first-order valence-electron chi connectivity index (χ1n) is 12.1. The van der Waals surface area contributed by atoms with Crippen molar-refractivity contribution in [2.24, 2.45) is 10.8 Å². The fraction of sp³-hybridized carbons (Fsp3) is 0.429. The minimum atomic E-state index is -0.936. The highest BCUT2D eigenvalue weighted by molar-refractivity contribution is 6.11. The molecule has 0 unspecified atom stereocenters. The molecular weight excluding hydrogens is 472 g/mol. The number of amides is 3. The second-order valence-electron chi connectivity index (χ2n) is 11.0. The van der Waals surface area contributed by atoms with E-state index < -0.39 is 22.8 Å². The van der Waals surface area contributed by atoms with Gasteiger partial charge in [0.25, 0.3) is 0 Å². The third-order valence-electron chi connectivity index (χ3n) is 7.03. The maximum Gasteiger partial charge on any atom is 0.324 e. The largest absolute Gasteiger partial charge is 0.496 e. The molecule has 1 aromatic heterocycles. The summed E-state index contributed by atoms with van der Waals surface area (Å²) in [6.07, 6.45) is 1.82. The van der Waals surface area contributed by atoms with Crippen LogP contribution in [0.3, 0.4) is 0 Å². The summed E-state index contributed by atoms with van der Waals surface area (Å²) < 4.78 is 5.61. The van der Waals surface area contributed by atoms with Gasteiger partial charge >= 0.3 is 6.03 Å². The van der Waals surface area contributed by atoms with Crippen LogP contribution in [0.4, 0.5) is 4.79 Å². The average molecular weight is 503 g/mol. The molecule has 2 aromatic rings. The maximum absolute atomic E-state index is 13.4. The van der Waals surface area contributed by atoms with Crippen molar-refractivity contribution in [3.05, 3.63) is 47.2 Å². The lowest BCUT2D eigenvalue weighted by Crippen LogP contribution is -2.64. The Morgan fingerprint density at radius 2 is 1.81 bits per heavy atom. The summed E-state index contributed by atoms with van der Waals surface area (Å²) in [5, 5.41) is 11.4. The molecule has 1 aliphatic heterocycles. The van der Waals surface area contributed by atoms with Crippen LogP contribution in [-0.4, -0.2) is 53.6 Å². The lowest BCUT2D eigenvalue weighted by Gasteiger charge is -2.52. The molecular formula is C28H30N4O5. The predicted octanol–water partition coefficient (Wildman–Crippen LogP) is 3.54. The van der Waals surface area contributed by atoms with Crippen LogP contribution in [0.2, 0.25) is 0 Å². The molecule has 1 aliphatic carbocycles. The number of nitriles is 1. The highest BCUT2D eigenvalue weighted by Crippen LogP contribution is 2.47. The van der Waals surface area contributed by atoms with Gasteiger partial charge in [-0.25, -0.2) is 4.79 Å². The number of nitrogens with zero attached hydrogens (tertiary/aromatic N) is 3. The van der Waals surface area contributed by atoms with Gasteiger partial charge in [-0.2, -0.15) is 5.26 Å². The Bertz CT molecular complexity index is 1310. The molecule has 37 heavy (non-hydrogen) atoms. The molecule has 1 saturated carbocycles. The topological polar surface area (TPSA) is 129 Å². The Morgan fingerprint density at radius 3 is 2.32 bits per heavy atom. The zero-order valence-corrected chi connectivity index (χ0v) is 21.7. The third kappa shape index (κ3) is 4.96. The molecule has 2 aliphatic rings. The molecule has 192 valence electrons. The quantitative estimate of drug-likeness (QED) is 0.636. The molecule has 1 saturated heterocycles. The normalized spacial score (nSPS) is 17.2. The van der Waals surface area contributed by atoms with Gasteiger partial charge in [0.05, 0.1) is 18.4 Å². The molecule has 2 fully saturated rings. The fourth-order valence-corrected chi connectivity index (χ4v) is 5.09. The molecule has 9 heteroatoms. The van der Waals surface area contributed by atoms with Crippen molar-refractivity contribution in [3.63, 3.8) is 0 Å². The molecule has 0 bridgehead atoms. The molecule has 4 rings (SSSR count). The van der Waals surface area contributed by atoms with Crippen LogP contribution in [0.1, 0.15) is 56.2 Å². The van der Waals surface area contributed by atoms with Crippen LogP contribution in [-0.2, 0) is 14.4 Å². The number of nitrogens with one attached hydrogen (secondary N) is 1. The van der Waals surface area contributed by atoms with E-state index >= 15 is 0 Å². The second kappa shape index (κ2) is 9.43. The van der Waals surface area contributed by atoms with Crippen molar-refractivity contribution in [2.45, 2.75) is 46.5 Å². The zero-order valence-electron chi connectivity index (χ0n) is 21.7. The number of rotatable bonds is 3. The number of hydrogen-bond donors (Lipinski definition) is 1. The first-order valence-corrected chi connectivity index (χ1v) is 12.1. The second-order valence-corrected chi connectivity index (χ2v) is 11.0. The van der Waals surface area contributed by atoms with Gasteiger partial charge in [0.15, 0.2) is 0 Å². The molecule has 2 heterocycles. The van der Waals surface area contributed by atoms with E-state index in [2.05, 4.69) is 10.3 Å². The van der Waals surface area contributed by atoms with Gasteiger partial charge in [-0.1, -0.05) is 20.8 Å². The van der Waals surface area contributed by atoms with E-state index in [0.717, 1.165) is 11.1 Å². The minimum absolute atomic E-state index is 0.169. The van der Waals surface area contributed by atoms with Crippen molar-refractivity contribution < 1.29 is 23.9 Å². The number of urea groups is 1. The van der Waals surface area contributed by atoms with Crippen molar-refractivity contribution in [1.82, 2.24) is 15.2 Å². The third-order valence-corrected chi connectivity index (χ3v) is 7.03. The van der Waals surface area contributed by atoms with E-state index in [1.807, 2.05) is 19.1 Å². The highest BCUT2D eigenvalue weighted by Gasteiger charge is 2.54. The average Bonchev–Trinajstić information content (AvgIpc) is 2.82. The Balaban J connectivity index is 1.51. The number of imide groups is 1. The van der Waals surface area contributed by atoms with Gasteiger partial charge in [-0.3, -0.25) is 24.7 Å². The van der Waals surface area contributed by atoms with Gasteiger partial charge in [-0.05, 0) is 36.8 Å². The van der Waals surface area contributed by atoms with Crippen molar-refractivity contribution in [2.75, 3.05) is 20.2 Å². The SMILES string of the molecule is COc1cc(-c2ccc(C#N)cn2)cc(C)c1C1C(=O)CC2(CC1=O)CN(C(=O)NC(=O)C(C)(C)C)C2. The number of likely N-dealkylation sites (tertiary alicyclic amines) is 1. The number of carbonyl (C=O) groups excluding carboxylic acids is 4. The van der Waals surface area contributed by atoms with E-state index in [1.54, 1.807) is 39.0 Å². The van der Waals surface area contributed by atoms with Crippen molar-refractivity contribution in [3.8, 4) is 23.1 Å². The van der Waals surface area contributed by atoms with Crippen LogP contribution < -0.4 is 10.1 Å². The van der Waals surface area contributed by atoms with Gasteiger partial charge in [0, 0.05) is 54.1 Å². The van der Waals surface area contributed by atoms with E-state index in [1.165, 1.54) is 18.2 Å². The van der Waals surface area contributed by atoms with Crippen LogP contribution in [0.5, 0.6) is 5.75 Å². The first-order chi connectivity index (χ1) is 17.4. The Labute approximate surface area is 215 Å². The molecule has 3 amide bonds. The minimum Gasteiger partial charge on any atom is -0.496 e. The lowest BCUT2D eigenvalue weighted by atomic mass is 9.63. The lowest BCUT2D eigenvalue weighted by molar-refractivity contribution is -0.142.